The molecule has 29 heavy (non-hydrogen) atoms. The van der Waals surface area contributed by atoms with E-state index in [0.717, 1.165) is 33.7 Å². The van der Waals surface area contributed by atoms with Crippen LogP contribution in [0.3, 0.4) is 0 Å². The maximum Gasteiger partial charge on any atom is 0.277 e. The Morgan fingerprint density at radius 1 is 1.14 bits per heavy atom. The molecule has 0 saturated heterocycles. The number of aromatic amines is 1. The van der Waals surface area contributed by atoms with Crippen LogP contribution in [0.25, 0.3) is 11.0 Å². The Morgan fingerprint density at radius 3 is 2.86 bits per heavy atom. The molecule has 7 nitrogen and oxygen atoms in total. The Labute approximate surface area is 172 Å². The standard InChI is InChI=1S/C21H21N5O2S/c1-13-7-8-14(2)17(11-13)24-19(27)12-29-21-26-25-20(28-21)10-9-18-22-15-5-3-4-6-16(15)23-18/h3-8,11H,9-10,12H2,1-2H3,(H,22,23)(H,24,27). The van der Waals surface area contributed by atoms with E-state index in [-0.39, 0.29) is 11.7 Å². The van der Waals surface area contributed by atoms with Gasteiger partial charge in [-0.05, 0) is 43.2 Å². The summed E-state index contributed by atoms with van der Waals surface area (Å²) in [6, 6.07) is 13.9. The molecule has 0 bridgehead atoms. The van der Waals surface area contributed by atoms with Crippen molar-refractivity contribution in [3.05, 3.63) is 65.3 Å². The highest BCUT2D eigenvalue weighted by Gasteiger charge is 2.12. The lowest BCUT2D eigenvalue weighted by atomic mass is 10.1. The fourth-order valence-corrected chi connectivity index (χ4v) is 3.51. The van der Waals surface area contributed by atoms with E-state index in [0.29, 0.717) is 24.0 Å². The van der Waals surface area contributed by atoms with Crippen LogP contribution in [0.5, 0.6) is 0 Å². The van der Waals surface area contributed by atoms with Gasteiger partial charge < -0.3 is 14.7 Å². The fourth-order valence-electron chi connectivity index (χ4n) is 2.93. The minimum atomic E-state index is -0.106. The third-order valence-electron chi connectivity index (χ3n) is 4.46. The van der Waals surface area contributed by atoms with Crippen molar-refractivity contribution in [2.45, 2.75) is 31.9 Å². The van der Waals surface area contributed by atoms with Gasteiger partial charge in [0, 0.05) is 18.5 Å². The number of imidazole rings is 1. The van der Waals surface area contributed by atoms with E-state index in [1.807, 2.05) is 56.3 Å². The highest BCUT2D eigenvalue weighted by Crippen LogP contribution is 2.20. The number of aryl methyl sites for hydroxylation is 4. The zero-order valence-corrected chi connectivity index (χ0v) is 17.0. The van der Waals surface area contributed by atoms with E-state index >= 15 is 0 Å². The lowest BCUT2D eigenvalue weighted by Crippen LogP contribution is -2.14. The van der Waals surface area contributed by atoms with Crippen LogP contribution < -0.4 is 5.32 Å². The number of hydrogen-bond donors (Lipinski definition) is 2. The van der Waals surface area contributed by atoms with Crippen molar-refractivity contribution in [3.8, 4) is 0 Å². The molecule has 148 valence electrons. The normalized spacial score (nSPS) is 11.1. The maximum absolute atomic E-state index is 12.2. The van der Waals surface area contributed by atoms with Crippen molar-refractivity contribution in [1.82, 2.24) is 20.2 Å². The Bertz CT molecular complexity index is 1120. The molecular formula is C21H21N5O2S. The molecule has 8 heteroatoms. The molecule has 0 spiro atoms. The first kappa shape index (κ1) is 19.2. The Morgan fingerprint density at radius 2 is 2.00 bits per heavy atom. The Kier molecular flexibility index (Phi) is 5.62. The number of benzene rings is 2. The molecule has 2 aromatic carbocycles. The molecule has 0 unspecified atom stereocenters. The van der Waals surface area contributed by atoms with Crippen molar-refractivity contribution in [2.75, 3.05) is 11.1 Å². The lowest BCUT2D eigenvalue weighted by Gasteiger charge is -2.08. The first-order valence-electron chi connectivity index (χ1n) is 9.33. The average molecular weight is 407 g/mol. The number of aromatic nitrogens is 4. The van der Waals surface area contributed by atoms with Gasteiger partial charge in [0.05, 0.1) is 16.8 Å². The van der Waals surface area contributed by atoms with E-state index in [9.17, 15) is 4.79 Å². The summed E-state index contributed by atoms with van der Waals surface area (Å²) in [6.07, 6.45) is 1.26. The van der Waals surface area contributed by atoms with Gasteiger partial charge >= 0.3 is 0 Å². The predicted octanol–water partition coefficient (Wildman–Crippen LogP) is 4.08. The molecule has 0 radical (unpaired) electrons. The largest absolute Gasteiger partial charge is 0.416 e. The third kappa shape index (κ3) is 4.83. The van der Waals surface area contributed by atoms with Crippen LogP contribution in [0.2, 0.25) is 0 Å². The van der Waals surface area contributed by atoms with Crippen molar-refractivity contribution >= 4 is 34.4 Å². The minimum Gasteiger partial charge on any atom is -0.416 e. The van der Waals surface area contributed by atoms with Gasteiger partial charge in [0.2, 0.25) is 11.8 Å². The van der Waals surface area contributed by atoms with E-state index in [4.69, 9.17) is 4.42 Å². The average Bonchev–Trinajstić information content (AvgIpc) is 3.34. The number of para-hydroxylation sites is 2. The molecule has 2 aromatic heterocycles. The van der Waals surface area contributed by atoms with Crippen LogP contribution >= 0.6 is 11.8 Å². The summed E-state index contributed by atoms with van der Waals surface area (Å²) in [5.41, 5.74) is 4.91. The number of amides is 1. The van der Waals surface area contributed by atoms with Crippen LogP contribution in [-0.2, 0) is 17.6 Å². The smallest absolute Gasteiger partial charge is 0.277 e. The molecule has 0 saturated carbocycles. The molecule has 0 aliphatic carbocycles. The number of thioether (sulfide) groups is 1. The second kappa shape index (κ2) is 8.48. The molecule has 2 N–H and O–H groups in total. The van der Waals surface area contributed by atoms with Crippen LogP contribution in [0.15, 0.2) is 52.1 Å². The maximum atomic E-state index is 12.2. The van der Waals surface area contributed by atoms with Gasteiger partial charge in [-0.15, -0.1) is 10.2 Å². The fraction of sp³-hybridized carbons (Fsp3) is 0.238. The summed E-state index contributed by atoms with van der Waals surface area (Å²) in [5, 5.41) is 11.4. The second-order valence-electron chi connectivity index (χ2n) is 6.82. The summed E-state index contributed by atoms with van der Waals surface area (Å²) in [7, 11) is 0. The van der Waals surface area contributed by atoms with Gasteiger partial charge in [-0.1, -0.05) is 36.0 Å². The number of nitrogens with one attached hydrogen (secondary N) is 2. The molecule has 0 aliphatic rings. The van der Waals surface area contributed by atoms with Gasteiger partial charge in [-0.25, -0.2) is 4.98 Å². The number of anilines is 1. The van der Waals surface area contributed by atoms with Crippen molar-refractivity contribution in [3.63, 3.8) is 0 Å². The summed E-state index contributed by atoms with van der Waals surface area (Å²) in [5.74, 6) is 1.51. The van der Waals surface area contributed by atoms with Crippen LogP contribution in [-0.4, -0.2) is 31.8 Å². The third-order valence-corrected chi connectivity index (χ3v) is 5.27. The number of nitrogens with zero attached hydrogens (tertiary/aromatic N) is 3. The number of rotatable bonds is 7. The quantitative estimate of drug-likeness (QED) is 0.448. The number of fused-ring (bicyclic) bond motifs is 1. The molecule has 0 atom stereocenters. The van der Waals surface area contributed by atoms with Crippen molar-refractivity contribution in [2.24, 2.45) is 0 Å². The second-order valence-corrected chi connectivity index (χ2v) is 7.74. The van der Waals surface area contributed by atoms with Gasteiger partial charge in [0.15, 0.2) is 0 Å². The molecule has 4 rings (SSSR count). The minimum absolute atomic E-state index is 0.106. The van der Waals surface area contributed by atoms with Gasteiger partial charge in [0.25, 0.3) is 5.22 Å². The summed E-state index contributed by atoms with van der Waals surface area (Å²) >= 11 is 1.23. The van der Waals surface area contributed by atoms with E-state index in [2.05, 4.69) is 25.5 Å². The Balaban J connectivity index is 1.28. The van der Waals surface area contributed by atoms with Crippen molar-refractivity contribution < 1.29 is 9.21 Å². The van der Waals surface area contributed by atoms with Crippen LogP contribution in [0.1, 0.15) is 22.8 Å². The van der Waals surface area contributed by atoms with Gasteiger partial charge in [-0.3, -0.25) is 4.79 Å². The van der Waals surface area contributed by atoms with Gasteiger partial charge in [-0.2, -0.15) is 0 Å². The Hall–Kier alpha value is -3.13. The molecule has 1 amide bonds. The number of carbonyl (C=O) groups is 1. The van der Waals surface area contributed by atoms with E-state index in [1.165, 1.54) is 11.8 Å². The van der Waals surface area contributed by atoms with Crippen LogP contribution in [0.4, 0.5) is 5.69 Å². The molecule has 0 aliphatic heterocycles. The molecule has 2 heterocycles. The van der Waals surface area contributed by atoms with E-state index < -0.39 is 0 Å². The molecule has 0 fully saturated rings. The van der Waals surface area contributed by atoms with Gasteiger partial charge in [0.1, 0.15) is 5.82 Å². The monoisotopic (exact) mass is 407 g/mol. The zero-order valence-electron chi connectivity index (χ0n) is 16.2. The predicted molar refractivity (Wildman–Crippen MR) is 113 cm³/mol. The first-order valence-corrected chi connectivity index (χ1v) is 10.3. The molecular weight excluding hydrogens is 386 g/mol. The van der Waals surface area contributed by atoms with E-state index in [1.54, 1.807) is 0 Å². The zero-order chi connectivity index (χ0) is 20.2. The highest BCUT2D eigenvalue weighted by atomic mass is 32.2. The number of carbonyl (C=O) groups excluding carboxylic acids is 1. The lowest BCUT2D eigenvalue weighted by molar-refractivity contribution is -0.113. The number of H-pyrrole nitrogens is 1. The summed E-state index contributed by atoms with van der Waals surface area (Å²) < 4.78 is 5.64. The van der Waals surface area contributed by atoms with Crippen LogP contribution in [0, 0.1) is 13.8 Å². The topological polar surface area (TPSA) is 96.7 Å². The highest BCUT2D eigenvalue weighted by molar-refractivity contribution is 7.99. The summed E-state index contributed by atoms with van der Waals surface area (Å²) in [4.78, 5) is 20.0. The molecule has 4 aromatic rings. The SMILES string of the molecule is Cc1ccc(C)c(NC(=O)CSc2nnc(CCc3nc4ccccc4[nH]3)o2)c1. The summed E-state index contributed by atoms with van der Waals surface area (Å²) in [6.45, 7) is 3.96. The first-order chi connectivity index (χ1) is 14.1. The number of hydrogen-bond acceptors (Lipinski definition) is 6. The van der Waals surface area contributed by atoms with Crippen molar-refractivity contribution in [1.29, 1.82) is 0 Å².